The van der Waals surface area contributed by atoms with Gasteiger partial charge in [0.15, 0.2) is 12.2 Å². The molecule has 0 aliphatic carbocycles. The molecule has 0 bridgehead atoms. The van der Waals surface area contributed by atoms with Crippen LogP contribution in [0, 0.1) is 0 Å². The lowest BCUT2D eigenvalue weighted by Crippen LogP contribution is -2.06. The molecule has 0 unspecified atom stereocenters. The van der Waals surface area contributed by atoms with Crippen LogP contribution in [0.15, 0.2) is 29.1 Å². The molecule has 0 radical (unpaired) electrons. The van der Waals surface area contributed by atoms with E-state index in [0.29, 0.717) is 30.0 Å². The molecule has 1 aromatic heterocycles. The summed E-state index contributed by atoms with van der Waals surface area (Å²) in [6, 6.07) is 2.26. The Hall–Kier alpha value is -1.98. The van der Waals surface area contributed by atoms with Crippen molar-refractivity contribution >= 4 is 5.69 Å². The molecule has 0 saturated heterocycles. The van der Waals surface area contributed by atoms with E-state index in [-0.39, 0.29) is 0 Å². The van der Waals surface area contributed by atoms with Crippen molar-refractivity contribution in [2.75, 3.05) is 11.9 Å². The number of oxazole rings is 1. The largest absolute Gasteiger partial charge is 0.444 e. The van der Waals surface area contributed by atoms with Crippen LogP contribution in [0.1, 0.15) is 11.1 Å². The second-order valence-corrected chi connectivity index (χ2v) is 4.09. The highest BCUT2D eigenvalue weighted by Crippen LogP contribution is 2.39. The average Bonchev–Trinajstić information content (AvgIpc) is 2.97. The van der Waals surface area contributed by atoms with Gasteiger partial charge in [-0.15, -0.1) is 0 Å². The Balaban J connectivity index is 2.21. The number of nitrogens with one attached hydrogen (secondary N) is 1. The Labute approximate surface area is 101 Å². The van der Waals surface area contributed by atoms with Gasteiger partial charge in [-0.2, -0.15) is 13.2 Å². The third kappa shape index (κ3) is 1.73. The number of halogens is 3. The van der Waals surface area contributed by atoms with Crippen LogP contribution < -0.4 is 5.32 Å². The van der Waals surface area contributed by atoms with Gasteiger partial charge in [-0.1, -0.05) is 0 Å². The molecule has 0 saturated carbocycles. The van der Waals surface area contributed by atoms with Crippen molar-refractivity contribution in [3.05, 3.63) is 35.9 Å². The van der Waals surface area contributed by atoms with Gasteiger partial charge in [-0.05, 0) is 24.1 Å². The van der Waals surface area contributed by atoms with Crippen LogP contribution >= 0.6 is 0 Å². The molecule has 1 aromatic carbocycles. The molecule has 1 aliphatic rings. The van der Waals surface area contributed by atoms with Crippen LogP contribution in [-0.2, 0) is 12.6 Å². The summed E-state index contributed by atoms with van der Waals surface area (Å²) in [4.78, 5) is 3.75. The lowest BCUT2D eigenvalue weighted by atomic mass is 9.99. The van der Waals surface area contributed by atoms with E-state index < -0.39 is 11.7 Å². The molecule has 18 heavy (non-hydrogen) atoms. The Morgan fingerprint density at radius 1 is 1.28 bits per heavy atom. The predicted molar refractivity (Wildman–Crippen MR) is 59.1 cm³/mol. The monoisotopic (exact) mass is 254 g/mol. The number of alkyl halides is 3. The van der Waals surface area contributed by atoms with Gasteiger partial charge in [0.25, 0.3) is 0 Å². The second-order valence-electron chi connectivity index (χ2n) is 4.09. The van der Waals surface area contributed by atoms with Gasteiger partial charge in [-0.3, -0.25) is 0 Å². The maximum Gasteiger partial charge on any atom is 0.416 e. The van der Waals surface area contributed by atoms with Gasteiger partial charge in [0, 0.05) is 17.8 Å². The third-order valence-corrected chi connectivity index (χ3v) is 2.97. The zero-order valence-corrected chi connectivity index (χ0v) is 9.21. The number of hydrogen-bond donors (Lipinski definition) is 1. The SMILES string of the molecule is FC(F)(F)c1cc2c(c(-c3cnco3)c1)CCN2. The maximum atomic E-state index is 12.8. The Bertz CT molecular complexity index is 576. The molecule has 0 atom stereocenters. The van der Waals surface area contributed by atoms with Gasteiger partial charge in [0.1, 0.15) is 0 Å². The van der Waals surface area contributed by atoms with Crippen molar-refractivity contribution in [3.63, 3.8) is 0 Å². The number of hydrogen-bond acceptors (Lipinski definition) is 3. The van der Waals surface area contributed by atoms with Crippen molar-refractivity contribution in [2.45, 2.75) is 12.6 Å². The molecule has 0 spiro atoms. The number of anilines is 1. The van der Waals surface area contributed by atoms with E-state index in [1.54, 1.807) is 0 Å². The Kier molecular flexibility index (Phi) is 2.33. The zero-order valence-electron chi connectivity index (χ0n) is 9.21. The van der Waals surface area contributed by atoms with Gasteiger partial charge in [0.2, 0.25) is 0 Å². The smallest absolute Gasteiger partial charge is 0.416 e. The fourth-order valence-electron chi connectivity index (χ4n) is 2.15. The number of benzene rings is 1. The lowest BCUT2D eigenvalue weighted by molar-refractivity contribution is -0.137. The van der Waals surface area contributed by atoms with E-state index in [2.05, 4.69) is 10.3 Å². The fourth-order valence-corrected chi connectivity index (χ4v) is 2.15. The summed E-state index contributed by atoms with van der Waals surface area (Å²) in [6.45, 7) is 0.637. The number of aromatic nitrogens is 1. The third-order valence-electron chi connectivity index (χ3n) is 2.97. The predicted octanol–water partition coefficient (Wildman–Crippen LogP) is 3.33. The summed E-state index contributed by atoms with van der Waals surface area (Å²) in [5, 5.41) is 2.95. The Morgan fingerprint density at radius 3 is 2.78 bits per heavy atom. The summed E-state index contributed by atoms with van der Waals surface area (Å²) in [6.07, 6.45) is -1.05. The molecule has 94 valence electrons. The van der Waals surface area contributed by atoms with Gasteiger partial charge < -0.3 is 9.73 Å². The summed E-state index contributed by atoms with van der Waals surface area (Å²) < 4.78 is 43.5. The number of fused-ring (bicyclic) bond motifs is 1. The molecule has 0 amide bonds. The highest BCUT2D eigenvalue weighted by atomic mass is 19.4. The van der Waals surface area contributed by atoms with Crippen LogP contribution in [0.2, 0.25) is 0 Å². The van der Waals surface area contributed by atoms with Crippen LogP contribution in [0.5, 0.6) is 0 Å². The van der Waals surface area contributed by atoms with Crippen LogP contribution in [0.4, 0.5) is 18.9 Å². The first-order chi connectivity index (χ1) is 8.55. The van der Waals surface area contributed by atoms with E-state index in [4.69, 9.17) is 4.42 Å². The van der Waals surface area contributed by atoms with Crippen molar-refractivity contribution in [1.29, 1.82) is 0 Å². The van der Waals surface area contributed by atoms with Crippen molar-refractivity contribution in [2.24, 2.45) is 0 Å². The highest BCUT2D eigenvalue weighted by Gasteiger charge is 2.33. The molecular formula is C12H9F3N2O. The molecule has 2 aromatic rings. The molecular weight excluding hydrogens is 245 g/mol. The first-order valence-corrected chi connectivity index (χ1v) is 5.42. The van der Waals surface area contributed by atoms with E-state index in [0.717, 1.165) is 17.7 Å². The normalized spacial score (nSPS) is 14.4. The summed E-state index contributed by atoms with van der Waals surface area (Å²) in [5.41, 5.74) is 1.15. The Morgan fingerprint density at radius 2 is 2.11 bits per heavy atom. The first-order valence-electron chi connectivity index (χ1n) is 5.42. The van der Waals surface area contributed by atoms with Crippen molar-refractivity contribution in [3.8, 4) is 11.3 Å². The number of nitrogens with zero attached hydrogens (tertiary/aromatic N) is 1. The van der Waals surface area contributed by atoms with E-state index in [1.807, 2.05) is 0 Å². The minimum Gasteiger partial charge on any atom is -0.444 e. The zero-order chi connectivity index (χ0) is 12.8. The summed E-state index contributed by atoms with van der Waals surface area (Å²) >= 11 is 0. The van der Waals surface area contributed by atoms with Gasteiger partial charge in [0.05, 0.1) is 11.8 Å². The standard InChI is InChI=1S/C12H9F3N2O/c13-12(14,15)7-3-9(11-5-16-6-18-11)8-1-2-17-10(8)4-7/h3-6,17H,1-2H2. The summed E-state index contributed by atoms with van der Waals surface area (Å²) in [7, 11) is 0. The highest BCUT2D eigenvalue weighted by molar-refractivity contribution is 5.74. The summed E-state index contributed by atoms with van der Waals surface area (Å²) in [5.74, 6) is 0.362. The number of rotatable bonds is 1. The minimum absolute atomic E-state index is 0.362. The second kappa shape index (κ2) is 3.76. The molecule has 1 aliphatic heterocycles. The first kappa shape index (κ1) is 11.1. The average molecular weight is 254 g/mol. The fraction of sp³-hybridized carbons (Fsp3) is 0.250. The molecule has 6 heteroatoms. The van der Waals surface area contributed by atoms with Crippen LogP contribution in [0.3, 0.4) is 0 Å². The van der Waals surface area contributed by atoms with E-state index in [9.17, 15) is 13.2 Å². The van der Waals surface area contributed by atoms with Gasteiger partial charge >= 0.3 is 6.18 Å². The van der Waals surface area contributed by atoms with Crippen molar-refractivity contribution in [1.82, 2.24) is 4.98 Å². The van der Waals surface area contributed by atoms with Gasteiger partial charge in [-0.25, -0.2) is 4.98 Å². The molecule has 1 N–H and O–H groups in total. The quantitative estimate of drug-likeness (QED) is 0.848. The topological polar surface area (TPSA) is 38.1 Å². The molecule has 3 nitrogen and oxygen atoms in total. The lowest BCUT2D eigenvalue weighted by Gasteiger charge is -2.12. The minimum atomic E-state index is -4.37. The molecule has 2 heterocycles. The molecule has 0 fully saturated rings. The van der Waals surface area contributed by atoms with E-state index >= 15 is 0 Å². The van der Waals surface area contributed by atoms with Crippen molar-refractivity contribution < 1.29 is 17.6 Å². The van der Waals surface area contributed by atoms with E-state index in [1.165, 1.54) is 12.6 Å². The van der Waals surface area contributed by atoms with Crippen LogP contribution in [-0.4, -0.2) is 11.5 Å². The van der Waals surface area contributed by atoms with Crippen LogP contribution in [0.25, 0.3) is 11.3 Å². The molecule has 3 rings (SSSR count). The maximum absolute atomic E-state index is 12.8.